The Kier molecular flexibility index (Phi) is 9.08. The highest BCUT2D eigenvalue weighted by Gasteiger charge is 2.14. The second-order valence-corrected chi connectivity index (χ2v) is 8.11. The van der Waals surface area contributed by atoms with Gasteiger partial charge < -0.3 is 19.5 Å². The van der Waals surface area contributed by atoms with E-state index < -0.39 is 0 Å². The van der Waals surface area contributed by atoms with Crippen LogP contribution in [0.3, 0.4) is 0 Å². The van der Waals surface area contributed by atoms with Crippen LogP contribution < -0.4 is 14.8 Å². The second-order valence-electron chi connectivity index (χ2n) is 6.85. The van der Waals surface area contributed by atoms with Gasteiger partial charge in [-0.2, -0.15) is 0 Å². The molecular weight excluding hydrogens is 456 g/mol. The first kappa shape index (κ1) is 22.4. The van der Waals surface area contributed by atoms with E-state index in [0.29, 0.717) is 24.0 Å². The van der Waals surface area contributed by atoms with Crippen molar-refractivity contribution in [2.45, 2.75) is 20.1 Å². The van der Waals surface area contributed by atoms with Crippen LogP contribution >= 0.6 is 27.5 Å². The average molecular weight is 484 g/mol. The molecule has 1 saturated heterocycles. The molecule has 158 valence electrons. The molecule has 2 aromatic rings. The predicted octanol–water partition coefficient (Wildman–Crippen LogP) is 4.50. The van der Waals surface area contributed by atoms with Crippen molar-refractivity contribution < 1.29 is 14.2 Å². The van der Waals surface area contributed by atoms with E-state index in [1.807, 2.05) is 37.3 Å². The van der Waals surface area contributed by atoms with Crippen LogP contribution in [0, 0.1) is 0 Å². The van der Waals surface area contributed by atoms with Crippen molar-refractivity contribution in [3.05, 3.63) is 57.0 Å². The topological polar surface area (TPSA) is 43.0 Å². The lowest BCUT2D eigenvalue weighted by Gasteiger charge is -2.26. The molecule has 0 saturated carbocycles. The van der Waals surface area contributed by atoms with Gasteiger partial charge in [0.1, 0.15) is 6.61 Å². The lowest BCUT2D eigenvalue weighted by atomic mass is 10.2. The molecule has 2 aromatic carbocycles. The SMILES string of the molecule is CCOc1cc(CNCCN2CCOCC2)cc(Br)c1OCc1ccccc1Cl. The maximum Gasteiger partial charge on any atom is 0.175 e. The summed E-state index contributed by atoms with van der Waals surface area (Å²) < 4.78 is 18.2. The van der Waals surface area contributed by atoms with Crippen LogP contribution in [-0.4, -0.2) is 50.9 Å². The van der Waals surface area contributed by atoms with Crippen LogP contribution in [0.15, 0.2) is 40.9 Å². The zero-order valence-corrected chi connectivity index (χ0v) is 19.1. The zero-order chi connectivity index (χ0) is 20.5. The van der Waals surface area contributed by atoms with Crippen LogP contribution in [-0.2, 0) is 17.9 Å². The normalized spacial score (nSPS) is 14.7. The van der Waals surface area contributed by atoms with E-state index in [0.717, 1.165) is 67.3 Å². The lowest BCUT2D eigenvalue weighted by Crippen LogP contribution is -2.40. The zero-order valence-electron chi connectivity index (χ0n) is 16.8. The predicted molar refractivity (Wildman–Crippen MR) is 120 cm³/mol. The highest BCUT2D eigenvalue weighted by Crippen LogP contribution is 2.37. The van der Waals surface area contributed by atoms with Crippen LogP contribution in [0.1, 0.15) is 18.1 Å². The van der Waals surface area contributed by atoms with Gasteiger partial charge in [-0.1, -0.05) is 29.8 Å². The minimum atomic E-state index is 0.384. The van der Waals surface area contributed by atoms with Crippen molar-refractivity contribution >= 4 is 27.5 Å². The number of rotatable bonds is 10. The smallest absolute Gasteiger partial charge is 0.175 e. The molecule has 0 atom stereocenters. The minimum Gasteiger partial charge on any atom is -0.490 e. The van der Waals surface area contributed by atoms with Gasteiger partial charge in [-0.25, -0.2) is 0 Å². The van der Waals surface area contributed by atoms with Crippen LogP contribution in [0.2, 0.25) is 5.02 Å². The monoisotopic (exact) mass is 482 g/mol. The molecule has 5 nitrogen and oxygen atoms in total. The summed E-state index contributed by atoms with van der Waals surface area (Å²) in [6, 6.07) is 11.8. The van der Waals surface area contributed by atoms with E-state index in [-0.39, 0.29) is 0 Å². The van der Waals surface area contributed by atoms with E-state index in [1.165, 1.54) is 0 Å². The number of morpholine rings is 1. The molecule has 1 fully saturated rings. The van der Waals surface area contributed by atoms with E-state index in [4.69, 9.17) is 25.8 Å². The average Bonchev–Trinajstić information content (AvgIpc) is 2.73. The van der Waals surface area contributed by atoms with E-state index in [1.54, 1.807) is 0 Å². The highest BCUT2D eigenvalue weighted by molar-refractivity contribution is 9.10. The van der Waals surface area contributed by atoms with Crippen molar-refractivity contribution in [2.75, 3.05) is 46.0 Å². The first-order chi connectivity index (χ1) is 14.2. The Morgan fingerprint density at radius 2 is 1.97 bits per heavy atom. The molecule has 0 radical (unpaired) electrons. The summed E-state index contributed by atoms with van der Waals surface area (Å²) in [4.78, 5) is 2.42. The Bertz CT molecular complexity index is 785. The molecular formula is C22H28BrClN2O3. The second kappa shape index (κ2) is 11.8. The number of ether oxygens (including phenoxy) is 3. The lowest BCUT2D eigenvalue weighted by molar-refractivity contribution is 0.0384. The van der Waals surface area contributed by atoms with Crippen molar-refractivity contribution in [1.29, 1.82) is 0 Å². The summed E-state index contributed by atoms with van der Waals surface area (Å²) in [5, 5.41) is 4.21. The fourth-order valence-electron chi connectivity index (χ4n) is 3.19. The Morgan fingerprint density at radius 1 is 1.17 bits per heavy atom. The number of nitrogens with one attached hydrogen (secondary N) is 1. The Balaban J connectivity index is 1.58. The van der Waals surface area contributed by atoms with Gasteiger partial charge in [0.2, 0.25) is 0 Å². The Morgan fingerprint density at radius 3 is 2.72 bits per heavy atom. The van der Waals surface area contributed by atoms with Crippen molar-refractivity contribution in [3.63, 3.8) is 0 Å². The molecule has 0 aromatic heterocycles. The van der Waals surface area contributed by atoms with Gasteiger partial charge in [-0.05, 0) is 46.6 Å². The molecule has 0 amide bonds. The summed E-state index contributed by atoms with van der Waals surface area (Å²) >= 11 is 9.89. The first-order valence-corrected chi connectivity index (χ1v) is 11.2. The Hall–Kier alpha value is -1.31. The minimum absolute atomic E-state index is 0.384. The van der Waals surface area contributed by atoms with Crippen LogP contribution in [0.5, 0.6) is 11.5 Å². The van der Waals surface area contributed by atoms with Gasteiger partial charge in [-0.15, -0.1) is 0 Å². The summed E-state index contributed by atoms with van der Waals surface area (Å²) in [5.74, 6) is 1.43. The van der Waals surface area contributed by atoms with E-state index in [9.17, 15) is 0 Å². The molecule has 7 heteroatoms. The summed E-state index contributed by atoms with van der Waals surface area (Å²) in [6.07, 6.45) is 0. The van der Waals surface area contributed by atoms with Gasteiger partial charge >= 0.3 is 0 Å². The number of halogens is 2. The molecule has 0 spiro atoms. The van der Waals surface area contributed by atoms with Crippen LogP contribution in [0.25, 0.3) is 0 Å². The summed E-state index contributed by atoms with van der Waals surface area (Å²) in [7, 11) is 0. The molecule has 1 N–H and O–H groups in total. The molecule has 0 unspecified atom stereocenters. The first-order valence-electron chi connectivity index (χ1n) is 9.99. The van der Waals surface area contributed by atoms with Crippen molar-refractivity contribution in [3.8, 4) is 11.5 Å². The third kappa shape index (κ3) is 6.86. The summed E-state index contributed by atoms with van der Waals surface area (Å²) in [5.41, 5.74) is 2.09. The molecule has 3 rings (SSSR count). The molecule has 0 aliphatic carbocycles. The largest absolute Gasteiger partial charge is 0.490 e. The Labute approximate surface area is 186 Å². The molecule has 1 heterocycles. The number of nitrogens with zero attached hydrogens (tertiary/aromatic N) is 1. The fourth-order valence-corrected chi connectivity index (χ4v) is 3.98. The van der Waals surface area contributed by atoms with Gasteiger partial charge in [0.05, 0.1) is 24.3 Å². The van der Waals surface area contributed by atoms with Gasteiger partial charge in [0.25, 0.3) is 0 Å². The molecule has 0 bridgehead atoms. The maximum absolute atomic E-state index is 6.24. The van der Waals surface area contributed by atoms with Gasteiger partial charge in [0.15, 0.2) is 11.5 Å². The van der Waals surface area contributed by atoms with Gasteiger partial charge in [0, 0.05) is 43.3 Å². The fraction of sp³-hybridized carbons (Fsp3) is 0.455. The van der Waals surface area contributed by atoms with Crippen molar-refractivity contribution in [1.82, 2.24) is 10.2 Å². The van der Waals surface area contributed by atoms with Gasteiger partial charge in [-0.3, -0.25) is 4.90 Å². The number of hydrogen-bond donors (Lipinski definition) is 1. The number of benzene rings is 2. The van der Waals surface area contributed by atoms with Crippen LogP contribution in [0.4, 0.5) is 0 Å². The quantitative estimate of drug-likeness (QED) is 0.504. The molecule has 1 aliphatic rings. The number of hydrogen-bond acceptors (Lipinski definition) is 5. The third-order valence-corrected chi connectivity index (χ3v) is 5.69. The molecule has 1 aliphatic heterocycles. The maximum atomic E-state index is 6.24. The van der Waals surface area contributed by atoms with Crippen molar-refractivity contribution in [2.24, 2.45) is 0 Å². The van der Waals surface area contributed by atoms with E-state index in [2.05, 4.69) is 32.2 Å². The summed E-state index contributed by atoms with van der Waals surface area (Å²) in [6.45, 7) is 9.36. The molecule has 29 heavy (non-hydrogen) atoms. The highest BCUT2D eigenvalue weighted by atomic mass is 79.9. The standard InChI is InChI=1S/C22H28BrClN2O3/c1-2-28-21-14-17(15-25-7-8-26-9-11-27-12-10-26)13-19(23)22(21)29-16-18-5-3-4-6-20(18)24/h3-6,13-14,25H,2,7-12,15-16H2,1H3. The third-order valence-electron chi connectivity index (χ3n) is 4.74. The van der Waals surface area contributed by atoms with E-state index >= 15 is 0 Å².